The normalized spacial score (nSPS) is 24.3. The first-order valence-corrected chi connectivity index (χ1v) is 8.26. The molecule has 2 aliphatic heterocycles. The number of amides is 1. The Morgan fingerprint density at radius 2 is 1.96 bits per heavy atom. The number of aromatic nitrogens is 1. The molecule has 0 aliphatic carbocycles. The van der Waals surface area contributed by atoms with Crippen molar-refractivity contribution in [1.29, 1.82) is 0 Å². The van der Waals surface area contributed by atoms with Gasteiger partial charge in [-0.3, -0.25) is 14.7 Å². The molecular weight excluding hydrogens is 286 g/mol. The Bertz CT molecular complexity index is 716. The Hall–Kier alpha value is -2.20. The van der Waals surface area contributed by atoms with Crippen LogP contribution in [-0.2, 0) is 13.0 Å². The lowest BCUT2D eigenvalue weighted by Gasteiger charge is -2.29. The van der Waals surface area contributed by atoms with Gasteiger partial charge in [0.15, 0.2) is 0 Å². The molecular formula is C19H21N3O. The van der Waals surface area contributed by atoms with Crippen LogP contribution in [0.5, 0.6) is 0 Å². The monoisotopic (exact) mass is 307 g/mol. The van der Waals surface area contributed by atoms with Crippen LogP contribution in [0.15, 0.2) is 48.8 Å². The molecule has 4 rings (SSSR count). The van der Waals surface area contributed by atoms with E-state index in [0.29, 0.717) is 0 Å². The maximum atomic E-state index is 12.6. The van der Waals surface area contributed by atoms with Gasteiger partial charge in [0.1, 0.15) is 0 Å². The fraction of sp³-hybridized carbons (Fsp3) is 0.368. The predicted octanol–water partition coefficient (Wildman–Crippen LogP) is 2.40. The van der Waals surface area contributed by atoms with Crippen LogP contribution in [0.2, 0.25) is 0 Å². The quantitative estimate of drug-likeness (QED) is 0.926. The summed E-state index contributed by atoms with van der Waals surface area (Å²) in [6.45, 7) is 2.88. The number of fused-ring (bicyclic) bond motifs is 1. The Balaban J connectivity index is 1.49. The van der Waals surface area contributed by atoms with Crippen LogP contribution < -0.4 is 5.32 Å². The summed E-state index contributed by atoms with van der Waals surface area (Å²) >= 11 is 0. The summed E-state index contributed by atoms with van der Waals surface area (Å²) in [6, 6.07) is 12.1. The van der Waals surface area contributed by atoms with E-state index in [-0.39, 0.29) is 11.4 Å². The van der Waals surface area contributed by atoms with Crippen LogP contribution in [-0.4, -0.2) is 34.4 Å². The van der Waals surface area contributed by atoms with Gasteiger partial charge in [0, 0.05) is 37.6 Å². The minimum Gasteiger partial charge on any atom is -0.345 e. The van der Waals surface area contributed by atoms with E-state index in [1.165, 1.54) is 11.1 Å². The molecule has 23 heavy (non-hydrogen) atoms. The summed E-state index contributed by atoms with van der Waals surface area (Å²) in [5, 5.41) is 3.33. The lowest BCUT2D eigenvalue weighted by Crippen LogP contribution is -2.49. The summed E-state index contributed by atoms with van der Waals surface area (Å²) in [4.78, 5) is 19.1. The first-order valence-electron chi connectivity index (χ1n) is 8.26. The third-order valence-corrected chi connectivity index (χ3v) is 5.10. The molecule has 3 heterocycles. The van der Waals surface area contributed by atoms with Gasteiger partial charge in [-0.2, -0.15) is 0 Å². The molecule has 1 saturated heterocycles. The minimum absolute atomic E-state index is 0.0802. The van der Waals surface area contributed by atoms with Gasteiger partial charge in [-0.15, -0.1) is 0 Å². The van der Waals surface area contributed by atoms with E-state index in [9.17, 15) is 4.79 Å². The molecule has 4 heteroatoms. The Labute approximate surface area is 136 Å². The highest BCUT2D eigenvalue weighted by atomic mass is 16.1. The van der Waals surface area contributed by atoms with Crippen molar-refractivity contribution in [2.24, 2.45) is 0 Å². The fourth-order valence-electron chi connectivity index (χ4n) is 3.85. The standard InChI is InChI=1S/C19H21N3O/c23-18-17-4-2-1-3-16(17)5-8-19(21-18)9-12-22(14-19)13-15-6-10-20-11-7-15/h1-4,6-7,10-11H,5,8-9,12-14H2,(H,21,23)/t19-/m1/s1. The second-order valence-corrected chi connectivity index (χ2v) is 6.71. The zero-order valence-corrected chi connectivity index (χ0v) is 13.2. The Morgan fingerprint density at radius 3 is 2.83 bits per heavy atom. The van der Waals surface area contributed by atoms with Crippen LogP contribution in [0.1, 0.15) is 34.3 Å². The van der Waals surface area contributed by atoms with E-state index >= 15 is 0 Å². The van der Waals surface area contributed by atoms with Crippen molar-refractivity contribution in [3.05, 3.63) is 65.5 Å². The number of hydrogen-bond donors (Lipinski definition) is 1. The number of likely N-dealkylation sites (tertiary alicyclic amines) is 1. The van der Waals surface area contributed by atoms with E-state index in [2.05, 4.69) is 33.4 Å². The van der Waals surface area contributed by atoms with Crippen molar-refractivity contribution in [1.82, 2.24) is 15.2 Å². The number of hydrogen-bond acceptors (Lipinski definition) is 3. The molecule has 0 bridgehead atoms. The Kier molecular flexibility index (Phi) is 3.62. The number of rotatable bonds is 2. The molecule has 0 unspecified atom stereocenters. The van der Waals surface area contributed by atoms with Gasteiger partial charge in [0.2, 0.25) is 0 Å². The van der Waals surface area contributed by atoms with E-state index < -0.39 is 0 Å². The lowest BCUT2D eigenvalue weighted by atomic mass is 9.91. The van der Waals surface area contributed by atoms with Crippen LogP contribution >= 0.6 is 0 Å². The summed E-state index contributed by atoms with van der Waals surface area (Å²) in [6.07, 6.45) is 6.69. The van der Waals surface area contributed by atoms with Gasteiger partial charge in [-0.25, -0.2) is 0 Å². The van der Waals surface area contributed by atoms with Gasteiger partial charge in [-0.1, -0.05) is 18.2 Å². The van der Waals surface area contributed by atoms with Crippen molar-refractivity contribution in [2.45, 2.75) is 31.3 Å². The van der Waals surface area contributed by atoms with E-state index in [1.54, 1.807) is 0 Å². The molecule has 2 aromatic rings. The number of pyridine rings is 1. The lowest BCUT2D eigenvalue weighted by molar-refractivity contribution is 0.0902. The Morgan fingerprint density at radius 1 is 1.13 bits per heavy atom. The summed E-state index contributed by atoms with van der Waals surface area (Å²) in [5.74, 6) is 0.0869. The highest BCUT2D eigenvalue weighted by Crippen LogP contribution is 2.31. The third-order valence-electron chi connectivity index (χ3n) is 5.10. The topological polar surface area (TPSA) is 45.2 Å². The molecule has 0 radical (unpaired) electrons. The molecule has 4 nitrogen and oxygen atoms in total. The van der Waals surface area contributed by atoms with Gasteiger partial charge in [0.05, 0.1) is 5.54 Å². The number of carbonyl (C=O) groups is 1. The fourth-order valence-corrected chi connectivity index (χ4v) is 3.85. The first kappa shape index (κ1) is 14.4. The third kappa shape index (κ3) is 2.86. The van der Waals surface area contributed by atoms with Crippen molar-refractivity contribution < 1.29 is 4.79 Å². The van der Waals surface area contributed by atoms with Crippen molar-refractivity contribution in [3.63, 3.8) is 0 Å². The highest BCUT2D eigenvalue weighted by molar-refractivity contribution is 5.96. The number of nitrogens with zero attached hydrogens (tertiary/aromatic N) is 2. The average Bonchev–Trinajstić information content (AvgIpc) is 2.90. The summed E-state index contributed by atoms with van der Waals surface area (Å²) in [5.41, 5.74) is 3.22. The minimum atomic E-state index is -0.0802. The molecule has 1 aromatic carbocycles. The van der Waals surface area contributed by atoms with Crippen molar-refractivity contribution >= 4 is 5.91 Å². The zero-order chi connectivity index (χ0) is 15.7. The van der Waals surface area contributed by atoms with Crippen LogP contribution in [0.25, 0.3) is 0 Å². The molecule has 1 spiro atoms. The second kappa shape index (κ2) is 5.78. The predicted molar refractivity (Wildman–Crippen MR) is 89.1 cm³/mol. The van der Waals surface area contributed by atoms with E-state index in [4.69, 9.17) is 0 Å². The van der Waals surface area contributed by atoms with Crippen LogP contribution in [0.4, 0.5) is 0 Å². The summed E-state index contributed by atoms with van der Waals surface area (Å²) < 4.78 is 0. The first-order chi connectivity index (χ1) is 11.2. The molecule has 1 N–H and O–H groups in total. The number of aryl methyl sites for hydroxylation is 1. The number of nitrogens with one attached hydrogen (secondary N) is 1. The SMILES string of the molecule is O=C1N[C@]2(CCc3ccccc31)CCN(Cc1ccncc1)C2. The molecule has 1 fully saturated rings. The highest BCUT2D eigenvalue weighted by Gasteiger charge is 2.40. The average molecular weight is 307 g/mol. The van der Waals surface area contributed by atoms with Crippen LogP contribution in [0.3, 0.4) is 0 Å². The molecule has 1 amide bonds. The molecule has 0 saturated carbocycles. The maximum Gasteiger partial charge on any atom is 0.252 e. The second-order valence-electron chi connectivity index (χ2n) is 6.71. The van der Waals surface area contributed by atoms with Gasteiger partial charge in [0.25, 0.3) is 5.91 Å². The zero-order valence-electron chi connectivity index (χ0n) is 13.2. The molecule has 2 aliphatic rings. The van der Waals surface area contributed by atoms with E-state index in [1.807, 2.05) is 30.6 Å². The van der Waals surface area contributed by atoms with Crippen molar-refractivity contribution in [2.75, 3.05) is 13.1 Å². The van der Waals surface area contributed by atoms with Gasteiger partial charge < -0.3 is 5.32 Å². The molecule has 118 valence electrons. The smallest absolute Gasteiger partial charge is 0.252 e. The summed E-state index contributed by atoms with van der Waals surface area (Å²) in [7, 11) is 0. The number of carbonyl (C=O) groups excluding carboxylic acids is 1. The molecule has 1 aromatic heterocycles. The van der Waals surface area contributed by atoms with Gasteiger partial charge >= 0.3 is 0 Å². The van der Waals surface area contributed by atoms with Crippen molar-refractivity contribution in [3.8, 4) is 0 Å². The van der Waals surface area contributed by atoms with E-state index in [0.717, 1.165) is 44.5 Å². The molecule has 1 atom stereocenters. The van der Waals surface area contributed by atoms with Crippen LogP contribution in [0, 0.1) is 0 Å². The maximum absolute atomic E-state index is 12.6. The number of benzene rings is 1. The largest absolute Gasteiger partial charge is 0.345 e. The van der Waals surface area contributed by atoms with Gasteiger partial charge in [-0.05, 0) is 48.6 Å².